The van der Waals surface area contributed by atoms with E-state index in [4.69, 9.17) is 0 Å². The van der Waals surface area contributed by atoms with Gasteiger partial charge in [-0.3, -0.25) is 4.68 Å². The fourth-order valence-electron chi connectivity index (χ4n) is 2.01. The van der Waals surface area contributed by atoms with E-state index in [2.05, 4.69) is 54.1 Å². The minimum Gasteiger partial charge on any atom is -0.380 e. The Morgan fingerprint density at radius 1 is 1.33 bits per heavy atom. The molecule has 0 amide bonds. The highest BCUT2D eigenvalue weighted by atomic mass is 32.2. The second kappa shape index (κ2) is 5.96. The Balaban J connectivity index is 2.11. The molecule has 0 saturated carbocycles. The maximum Gasteiger partial charge on any atom is 0.0671 e. The van der Waals surface area contributed by atoms with Gasteiger partial charge in [0.1, 0.15) is 0 Å². The molecule has 0 bridgehead atoms. The van der Waals surface area contributed by atoms with Crippen molar-refractivity contribution >= 4 is 17.4 Å². The second-order valence-corrected chi connectivity index (χ2v) is 5.03. The van der Waals surface area contributed by atoms with Crippen LogP contribution in [0.1, 0.15) is 18.2 Å². The lowest BCUT2D eigenvalue weighted by Gasteiger charge is -2.09. The normalized spacial score (nSPS) is 10.6. The van der Waals surface area contributed by atoms with Crippen molar-refractivity contribution in [1.29, 1.82) is 0 Å². The van der Waals surface area contributed by atoms with Crippen LogP contribution in [0, 0.1) is 0 Å². The van der Waals surface area contributed by atoms with Crippen LogP contribution in [0.2, 0.25) is 0 Å². The molecule has 0 fully saturated rings. The smallest absolute Gasteiger partial charge is 0.0671 e. The van der Waals surface area contributed by atoms with Gasteiger partial charge in [-0.05, 0) is 24.8 Å². The van der Waals surface area contributed by atoms with Gasteiger partial charge in [0.05, 0.1) is 5.69 Å². The highest BCUT2D eigenvalue weighted by molar-refractivity contribution is 7.98. The molecular weight excluding hydrogens is 242 g/mol. The van der Waals surface area contributed by atoms with Crippen molar-refractivity contribution in [3.8, 4) is 0 Å². The zero-order valence-electron chi connectivity index (χ0n) is 11.1. The van der Waals surface area contributed by atoms with Crippen molar-refractivity contribution in [2.24, 2.45) is 7.05 Å². The maximum atomic E-state index is 4.46. The summed E-state index contributed by atoms with van der Waals surface area (Å²) < 4.78 is 1.89. The highest BCUT2D eigenvalue weighted by Gasteiger charge is 2.06. The Hall–Kier alpha value is -1.42. The summed E-state index contributed by atoms with van der Waals surface area (Å²) in [6.07, 6.45) is 5.16. The van der Waals surface area contributed by atoms with Gasteiger partial charge in [-0.25, -0.2) is 0 Å². The van der Waals surface area contributed by atoms with Gasteiger partial charge in [-0.2, -0.15) is 5.10 Å². The Bertz CT molecular complexity index is 520. The molecule has 1 heterocycles. The number of para-hydroxylation sites is 1. The van der Waals surface area contributed by atoms with E-state index in [1.807, 2.05) is 11.7 Å². The molecule has 0 aliphatic carbocycles. The summed E-state index contributed by atoms with van der Waals surface area (Å²) in [5.74, 6) is 0. The number of aromatic nitrogens is 2. The van der Waals surface area contributed by atoms with Gasteiger partial charge in [0.2, 0.25) is 0 Å². The molecule has 0 aliphatic rings. The number of anilines is 1. The molecule has 1 aromatic heterocycles. The van der Waals surface area contributed by atoms with Crippen molar-refractivity contribution in [2.45, 2.75) is 24.8 Å². The largest absolute Gasteiger partial charge is 0.380 e. The third-order valence-electron chi connectivity index (χ3n) is 2.90. The van der Waals surface area contributed by atoms with E-state index >= 15 is 0 Å². The Morgan fingerprint density at radius 3 is 2.83 bits per heavy atom. The lowest BCUT2D eigenvalue weighted by molar-refractivity contribution is 0.746. The Kier molecular flexibility index (Phi) is 4.31. The number of benzene rings is 1. The van der Waals surface area contributed by atoms with E-state index in [0.29, 0.717) is 0 Å². The van der Waals surface area contributed by atoms with Crippen LogP contribution < -0.4 is 5.32 Å². The van der Waals surface area contributed by atoms with Gasteiger partial charge in [0, 0.05) is 35.9 Å². The molecule has 0 saturated heterocycles. The van der Waals surface area contributed by atoms with E-state index in [-0.39, 0.29) is 0 Å². The van der Waals surface area contributed by atoms with Crippen LogP contribution in [0.4, 0.5) is 5.69 Å². The van der Waals surface area contributed by atoms with E-state index in [0.717, 1.165) is 13.0 Å². The molecule has 4 heteroatoms. The van der Waals surface area contributed by atoms with Gasteiger partial charge in [-0.15, -0.1) is 11.8 Å². The SMILES string of the molecule is CCc1nn(C)cc1CNc1ccccc1SC. The van der Waals surface area contributed by atoms with Gasteiger partial charge < -0.3 is 5.32 Å². The molecule has 0 atom stereocenters. The summed E-state index contributed by atoms with van der Waals surface area (Å²) in [7, 11) is 1.97. The summed E-state index contributed by atoms with van der Waals surface area (Å²) >= 11 is 1.76. The quantitative estimate of drug-likeness (QED) is 0.837. The van der Waals surface area contributed by atoms with Crippen LogP contribution in [0.15, 0.2) is 35.4 Å². The van der Waals surface area contributed by atoms with Crippen molar-refractivity contribution in [3.63, 3.8) is 0 Å². The number of thioether (sulfide) groups is 1. The highest BCUT2D eigenvalue weighted by Crippen LogP contribution is 2.25. The van der Waals surface area contributed by atoms with Crippen LogP contribution in [-0.4, -0.2) is 16.0 Å². The Labute approximate surface area is 113 Å². The summed E-state index contributed by atoms with van der Waals surface area (Å²) in [5, 5.41) is 7.95. The van der Waals surface area contributed by atoms with Crippen LogP contribution in [0.25, 0.3) is 0 Å². The summed E-state index contributed by atoms with van der Waals surface area (Å²) in [4.78, 5) is 1.28. The molecule has 0 spiro atoms. The van der Waals surface area contributed by atoms with Crippen LogP contribution in [0.3, 0.4) is 0 Å². The summed E-state index contributed by atoms with van der Waals surface area (Å²) in [6.45, 7) is 2.97. The van der Waals surface area contributed by atoms with E-state index < -0.39 is 0 Å². The van der Waals surface area contributed by atoms with Crippen molar-refractivity contribution in [1.82, 2.24) is 9.78 Å². The van der Waals surface area contributed by atoms with E-state index in [9.17, 15) is 0 Å². The zero-order chi connectivity index (χ0) is 13.0. The first-order chi connectivity index (χ1) is 8.74. The molecule has 96 valence electrons. The topological polar surface area (TPSA) is 29.9 Å². The number of rotatable bonds is 5. The summed E-state index contributed by atoms with van der Waals surface area (Å²) in [5.41, 5.74) is 3.64. The molecule has 0 aliphatic heterocycles. The predicted molar refractivity (Wildman–Crippen MR) is 78.1 cm³/mol. The standard InChI is InChI=1S/C14H19N3S/c1-4-12-11(10-17(2)16-12)9-15-13-7-5-6-8-14(13)18-3/h5-8,10,15H,4,9H2,1-3H3. The van der Waals surface area contributed by atoms with Crippen molar-refractivity contribution in [3.05, 3.63) is 41.7 Å². The van der Waals surface area contributed by atoms with Gasteiger partial charge in [0.15, 0.2) is 0 Å². The molecule has 0 radical (unpaired) electrons. The molecule has 1 N–H and O–H groups in total. The molecule has 0 unspecified atom stereocenters. The fraction of sp³-hybridized carbons (Fsp3) is 0.357. The molecule has 1 aromatic carbocycles. The van der Waals surface area contributed by atoms with Crippen LogP contribution in [-0.2, 0) is 20.0 Å². The number of hydrogen-bond donors (Lipinski definition) is 1. The van der Waals surface area contributed by atoms with Gasteiger partial charge in [0.25, 0.3) is 0 Å². The Morgan fingerprint density at radius 2 is 2.11 bits per heavy atom. The van der Waals surface area contributed by atoms with Crippen LogP contribution >= 0.6 is 11.8 Å². The van der Waals surface area contributed by atoms with Crippen molar-refractivity contribution < 1.29 is 0 Å². The minimum absolute atomic E-state index is 0.828. The monoisotopic (exact) mass is 261 g/mol. The average molecular weight is 261 g/mol. The van der Waals surface area contributed by atoms with Crippen molar-refractivity contribution in [2.75, 3.05) is 11.6 Å². The summed E-state index contributed by atoms with van der Waals surface area (Å²) in [6, 6.07) is 8.38. The predicted octanol–water partition coefficient (Wildman–Crippen LogP) is 3.32. The van der Waals surface area contributed by atoms with Crippen LogP contribution in [0.5, 0.6) is 0 Å². The number of hydrogen-bond acceptors (Lipinski definition) is 3. The van der Waals surface area contributed by atoms with E-state index in [1.165, 1.54) is 21.8 Å². The lowest BCUT2D eigenvalue weighted by Crippen LogP contribution is -2.01. The molecule has 2 rings (SSSR count). The lowest BCUT2D eigenvalue weighted by atomic mass is 10.2. The second-order valence-electron chi connectivity index (χ2n) is 4.18. The third-order valence-corrected chi connectivity index (χ3v) is 3.70. The third kappa shape index (κ3) is 2.88. The zero-order valence-corrected chi connectivity index (χ0v) is 11.9. The van der Waals surface area contributed by atoms with Gasteiger partial charge >= 0.3 is 0 Å². The first-order valence-electron chi connectivity index (χ1n) is 6.13. The first-order valence-corrected chi connectivity index (χ1v) is 7.35. The number of aryl methyl sites for hydroxylation is 2. The molecule has 18 heavy (non-hydrogen) atoms. The van der Waals surface area contributed by atoms with E-state index in [1.54, 1.807) is 11.8 Å². The number of nitrogens with zero attached hydrogens (tertiary/aromatic N) is 2. The maximum absolute atomic E-state index is 4.46. The van der Waals surface area contributed by atoms with Gasteiger partial charge in [-0.1, -0.05) is 19.1 Å². The first kappa shape index (κ1) is 13.0. The average Bonchev–Trinajstić information content (AvgIpc) is 2.77. The molecule has 2 aromatic rings. The fourth-order valence-corrected chi connectivity index (χ4v) is 2.58. The molecule has 3 nitrogen and oxygen atoms in total. The molecular formula is C14H19N3S. The number of nitrogens with one attached hydrogen (secondary N) is 1. The minimum atomic E-state index is 0.828.